The largest absolute Gasteiger partial charge is 0.489 e. The first-order chi connectivity index (χ1) is 18.6. The number of ether oxygens (including phenoxy) is 1. The Bertz CT molecular complexity index is 1580. The molecule has 12 heteroatoms. The van der Waals surface area contributed by atoms with Crippen molar-refractivity contribution in [1.29, 1.82) is 0 Å². The molecule has 3 N–H and O–H groups in total. The first-order valence-electron chi connectivity index (χ1n) is 11.7. The van der Waals surface area contributed by atoms with Crippen LogP contribution in [0.1, 0.15) is 11.1 Å². The van der Waals surface area contributed by atoms with E-state index in [-0.39, 0.29) is 23.9 Å². The third-order valence-electron chi connectivity index (χ3n) is 5.84. The van der Waals surface area contributed by atoms with Gasteiger partial charge < -0.3 is 10.5 Å². The Hall–Kier alpha value is -3.96. The van der Waals surface area contributed by atoms with Gasteiger partial charge in [-0.1, -0.05) is 78.3 Å². The summed E-state index contributed by atoms with van der Waals surface area (Å²) in [6.45, 7) is 0.372. The lowest BCUT2D eigenvalue weighted by Gasteiger charge is -2.13. The Labute approximate surface area is 242 Å². The van der Waals surface area contributed by atoms with Gasteiger partial charge in [0.1, 0.15) is 17.4 Å². The van der Waals surface area contributed by atoms with Gasteiger partial charge in [-0.15, -0.1) is 12.4 Å². The van der Waals surface area contributed by atoms with Gasteiger partial charge in [-0.25, -0.2) is 13.1 Å². The Balaban J connectivity index is 0.00000441. The van der Waals surface area contributed by atoms with Crippen molar-refractivity contribution >= 4 is 45.6 Å². The molecule has 208 valence electrons. The van der Waals surface area contributed by atoms with Crippen LogP contribution in [0.25, 0.3) is 11.1 Å². The molecule has 0 spiro atoms. The second-order valence-corrected chi connectivity index (χ2v) is 10.7. The third kappa shape index (κ3) is 7.80. The number of hydrogen-bond donors (Lipinski definition) is 2. The van der Waals surface area contributed by atoms with Gasteiger partial charge in [0.25, 0.3) is 21.6 Å². The second kappa shape index (κ2) is 13.4. The fourth-order valence-corrected chi connectivity index (χ4v) is 4.96. The summed E-state index contributed by atoms with van der Waals surface area (Å²) in [4.78, 5) is 22.2. The number of carbonyl (C=O) groups is 1. The summed E-state index contributed by atoms with van der Waals surface area (Å²) < 4.78 is 32.8. The van der Waals surface area contributed by atoms with Gasteiger partial charge in [-0.2, -0.15) is 0 Å². The Morgan fingerprint density at radius 1 is 0.925 bits per heavy atom. The maximum Gasteiger partial charge on any atom is 0.289 e. The Morgan fingerprint density at radius 3 is 2.15 bits per heavy atom. The van der Waals surface area contributed by atoms with Crippen LogP contribution in [-0.4, -0.2) is 25.3 Å². The summed E-state index contributed by atoms with van der Waals surface area (Å²) in [5.74, 6) is -0.331. The van der Waals surface area contributed by atoms with Gasteiger partial charge >= 0.3 is 0 Å². The average Bonchev–Trinajstić information content (AvgIpc) is 2.93. The number of sulfonamides is 1. The number of nitrogens with two attached hydrogens (primary N) is 1. The predicted molar refractivity (Wildman–Crippen MR) is 155 cm³/mol. The highest BCUT2D eigenvalue weighted by atomic mass is 35.5. The molecule has 0 saturated carbocycles. The number of nitro benzene ring substituents is 1. The smallest absolute Gasteiger partial charge is 0.289 e. The topological polar surface area (TPSA) is 142 Å². The lowest BCUT2D eigenvalue weighted by molar-refractivity contribution is -0.384. The zero-order valence-electron chi connectivity index (χ0n) is 20.9. The zero-order valence-corrected chi connectivity index (χ0v) is 23.3. The highest BCUT2D eigenvalue weighted by Crippen LogP contribution is 2.27. The molecule has 0 radical (unpaired) electrons. The van der Waals surface area contributed by atoms with Crippen LogP contribution in [-0.2, 0) is 27.8 Å². The minimum absolute atomic E-state index is 0. The lowest BCUT2D eigenvalue weighted by Crippen LogP contribution is -2.44. The minimum Gasteiger partial charge on any atom is -0.489 e. The van der Waals surface area contributed by atoms with Gasteiger partial charge in [0.05, 0.1) is 15.9 Å². The van der Waals surface area contributed by atoms with Crippen LogP contribution >= 0.6 is 24.0 Å². The molecule has 0 saturated heterocycles. The van der Waals surface area contributed by atoms with Gasteiger partial charge in [-0.05, 0) is 52.9 Å². The van der Waals surface area contributed by atoms with Crippen LogP contribution < -0.4 is 15.2 Å². The SMILES string of the molecule is Cl.N[C@@H](Cc1ccc(OCc2ccc(-c3ccccc3)cc2)cc1)C(=O)NS(=O)(=O)c1ccc(Cl)c([N+](=O)[O-])c1. The predicted octanol–water partition coefficient (Wildman–Crippen LogP) is 5.29. The number of nitro groups is 1. The van der Waals surface area contributed by atoms with Crippen molar-refractivity contribution in [3.05, 3.63) is 123 Å². The molecule has 0 unspecified atom stereocenters. The first kappa shape index (κ1) is 30.6. The zero-order chi connectivity index (χ0) is 28.0. The van der Waals surface area contributed by atoms with Crippen molar-refractivity contribution in [2.24, 2.45) is 5.73 Å². The van der Waals surface area contributed by atoms with Crippen LogP contribution in [0, 0.1) is 10.1 Å². The van der Waals surface area contributed by atoms with E-state index in [0.29, 0.717) is 17.9 Å². The van der Waals surface area contributed by atoms with E-state index >= 15 is 0 Å². The van der Waals surface area contributed by atoms with Crippen LogP contribution in [0.3, 0.4) is 0 Å². The first-order valence-corrected chi connectivity index (χ1v) is 13.6. The number of nitrogens with one attached hydrogen (secondary N) is 1. The molecular formula is C28H25Cl2N3O6S. The lowest BCUT2D eigenvalue weighted by atomic mass is 10.0. The molecule has 0 aliphatic rings. The van der Waals surface area contributed by atoms with Crippen molar-refractivity contribution in [2.75, 3.05) is 0 Å². The molecule has 0 aliphatic heterocycles. The molecule has 1 atom stereocenters. The standard InChI is InChI=1S/C28H24ClN3O6S.ClH/c29-25-15-14-24(17-27(25)32(34)35)39(36,37)31-28(33)26(30)16-19-8-12-23(13-9-19)38-18-20-6-10-22(11-7-20)21-4-2-1-3-5-21;/h1-15,17,26H,16,18,30H2,(H,31,33);1H/t26-;/m0./s1. The molecular weight excluding hydrogens is 577 g/mol. The summed E-state index contributed by atoms with van der Waals surface area (Å²) in [7, 11) is -4.39. The molecule has 4 rings (SSSR count). The van der Waals surface area contributed by atoms with Crippen molar-refractivity contribution in [1.82, 2.24) is 4.72 Å². The van der Waals surface area contributed by atoms with E-state index in [0.717, 1.165) is 34.9 Å². The van der Waals surface area contributed by atoms with Crippen LogP contribution in [0.15, 0.2) is 102 Å². The van der Waals surface area contributed by atoms with Gasteiger partial charge in [0.2, 0.25) is 0 Å². The third-order valence-corrected chi connectivity index (χ3v) is 7.51. The quantitative estimate of drug-likeness (QED) is 0.186. The van der Waals surface area contributed by atoms with Crippen LogP contribution in [0.5, 0.6) is 5.75 Å². The molecule has 0 aromatic heterocycles. The summed E-state index contributed by atoms with van der Waals surface area (Å²) >= 11 is 5.72. The Kier molecular flexibility index (Phi) is 10.2. The fraction of sp³-hybridized carbons (Fsp3) is 0.107. The van der Waals surface area contributed by atoms with Crippen molar-refractivity contribution in [2.45, 2.75) is 24.0 Å². The van der Waals surface area contributed by atoms with E-state index in [1.165, 1.54) is 0 Å². The summed E-state index contributed by atoms with van der Waals surface area (Å²) in [6, 6.07) is 26.8. The molecule has 0 fully saturated rings. The van der Waals surface area contributed by atoms with Crippen molar-refractivity contribution in [3.63, 3.8) is 0 Å². The monoisotopic (exact) mass is 601 g/mol. The van der Waals surface area contributed by atoms with Crippen molar-refractivity contribution < 1.29 is 22.9 Å². The Morgan fingerprint density at radius 2 is 1.52 bits per heavy atom. The number of benzene rings is 4. The molecule has 4 aromatic carbocycles. The molecule has 40 heavy (non-hydrogen) atoms. The number of hydrogen-bond acceptors (Lipinski definition) is 7. The van der Waals surface area contributed by atoms with Gasteiger partial charge in [-0.3, -0.25) is 14.9 Å². The number of halogens is 2. The maximum atomic E-state index is 12.5. The minimum atomic E-state index is -4.39. The maximum absolute atomic E-state index is 12.5. The number of amides is 1. The fourth-order valence-electron chi connectivity index (χ4n) is 3.73. The van der Waals surface area contributed by atoms with E-state index in [2.05, 4.69) is 12.1 Å². The molecule has 0 aliphatic carbocycles. The average molecular weight is 602 g/mol. The normalized spacial score (nSPS) is 11.7. The number of carbonyl (C=O) groups excluding carboxylic acids is 1. The second-order valence-electron chi connectivity index (χ2n) is 8.65. The van der Waals surface area contributed by atoms with Crippen LogP contribution in [0.2, 0.25) is 5.02 Å². The summed E-state index contributed by atoms with van der Waals surface area (Å²) in [5, 5.41) is 10.8. The number of rotatable bonds is 10. The summed E-state index contributed by atoms with van der Waals surface area (Å²) in [6.07, 6.45) is 0.0589. The van der Waals surface area contributed by atoms with E-state index in [1.807, 2.05) is 47.2 Å². The van der Waals surface area contributed by atoms with E-state index < -0.39 is 37.5 Å². The molecule has 4 aromatic rings. The highest BCUT2D eigenvalue weighted by molar-refractivity contribution is 7.90. The van der Waals surface area contributed by atoms with Gasteiger partial charge in [0, 0.05) is 6.07 Å². The molecule has 1 amide bonds. The highest BCUT2D eigenvalue weighted by Gasteiger charge is 2.25. The molecule has 9 nitrogen and oxygen atoms in total. The van der Waals surface area contributed by atoms with E-state index in [4.69, 9.17) is 22.1 Å². The summed E-state index contributed by atoms with van der Waals surface area (Å²) in [5.41, 5.74) is 9.28. The van der Waals surface area contributed by atoms with E-state index in [1.54, 1.807) is 24.3 Å². The van der Waals surface area contributed by atoms with Crippen LogP contribution in [0.4, 0.5) is 5.69 Å². The number of nitrogens with zero attached hydrogens (tertiary/aromatic N) is 1. The van der Waals surface area contributed by atoms with Crippen molar-refractivity contribution in [3.8, 4) is 16.9 Å². The van der Waals surface area contributed by atoms with Gasteiger partial charge in [0.15, 0.2) is 0 Å². The molecule has 0 bridgehead atoms. The van der Waals surface area contributed by atoms with E-state index in [9.17, 15) is 23.3 Å². The molecule has 0 heterocycles.